The number of methoxy groups -OCH3 is 1. The normalized spacial score (nSPS) is 17.9. The highest BCUT2D eigenvalue weighted by Gasteiger charge is 2.30. The Hall–Kier alpha value is -1.71. The van der Waals surface area contributed by atoms with E-state index >= 15 is 0 Å². The van der Waals surface area contributed by atoms with Crippen molar-refractivity contribution in [3.05, 3.63) is 28.3 Å². The summed E-state index contributed by atoms with van der Waals surface area (Å²) in [6.07, 6.45) is 5.74. The molecule has 0 saturated heterocycles. The summed E-state index contributed by atoms with van der Waals surface area (Å²) < 4.78 is 32.6. The molecule has 0 unspecified atom stereocenters. The van der Waals surface area contributed by atoms with Crippen molar-refractivity contribution >= 4 is 15.7 Å². The van der Waals surface area contributed by atoms with Gasteiger partial charge in [0, 0.05) is 18.2 Å². The van der Waals surface area contributed by atoms with Crippen LogP contribution in [0.4, 0.5) is 5.69 Å². The summed E-state index contributed by atoms with van der Waals surface area (Å²) in [4.78, 5) is 10.1. The molecule has 9 heteroatoms. The van der Waals surface area contributed by atoms with Crippen LogP contribution in [-0.2, 0) is 10.0 Å². The van der Waals surface area contributed by atoms with Crippen LogP contribution < -0.4 is 15.2 Å². The van der Waals surface area contributed by atoms with Crippen LogP contribution in [0.2, 0.25) is 0 Å². The van der Waals surface area contributed by atoms with E-state index < -0.39 is 20.5 Å². The Morgan fingerprint density at radius 3 is 2.46 bits per heavy atom. The van der Waals surface area contributed by atoms with Gasteiger partial charge in [-0.3, -0.25) is 10.1 Å². The second-order valence-electron chi connectivity index (χ2n) is 6.19. The number of nitrogens with zero attached hydrogens (tertiary/aromatic N) is 1. The van der Waals surface area contributed by atoms with E-state index in [0.717, 1.165) is 50.7 Å². The minimum Gasteiger partial charge on any atom is -0.495 e. The van der Waals surface area contributed by atoms with Gasteiger partial charge in [-0.1, -0.05) is 25.7 Å². The molecule has 0 heterocycles. The number of nitrogens with two attached hydrogens (primary N) is 1. The van der Waals surface area contributed by atoms with Crippen LogP contribution in [0.3, 0.4) is 0 Å². The van der Waals surface area contributed by atoms with Gasteiger partial charge in [-0.05, 0) is 18.9 Å². The van der Waals surface area contributed by atoms with Gasteiger partial charge in [0.1, 0.15) is 10.6 Å². The van der Waals surface area contributed by atoms with Gasteiger partial charge in [-0.2, -0.15) is 0 Å². The van der Waals surface area contributed by atoms with E-state index in [-0.39, 0.29) is 22.9 Å². The summed E-state index contributed by atoms with van der Waals surface area (Å²) >= 11 is 0. The lowest BCUT2D eigenvalue weighted by Crippen LogP contribution is -2.49. The lowest BCUT2D eigenvalue weighted by atomic mass is 9.92. The van der Waals surface area contributed by atoms with Crippen LogP contribution in [0, 0.1) is 10.1 Å². The molecule has 1 fully saturated rings. The quantitative estimate of drug-likeness (QED) is 0.455. The topological polar surface area (TPSA) is 125 Å². The number of benzene rings is 1. The lowest BCUT2D eigenvalue weighted by molar-refractivity contribution is -0.385. The third-order valence-electron chi connectivity index (χ3n) is 4.36. The fourth-order valence-corrected chi connectivity index (χ4v) is 4.21. The van der Waals surface area contributed by atoms with E-state index in [2.05, 4.69) is 4.72 Å². The van der Waals surface area contributed by atoms with Crippen molar-refractivity contribution in [3.8, 4) is 5.75 Å². The van der Waals surface area contributed by atoms with Gasteiger partial charge in [-0.15, -0.1) is 0 Å². The first-order valence-corrected chi connectivity index (χ1v) is 9.37. The Bertz CT molecular complexity index is 697. The highest BCUT2D eigenvalue weighted by molar-refractivity contribution is 7.89. The number of nitro groups is 1. The monoisotopic (exact) mass is 357 g/mol. The Morgan fingerprint density at radius 1 is 1.29 bits per heavy atom. The van der Waals surface area contributed by atoms with Gasteiger partial charge in [-0.25, -0.2) is 13.1 Å². The number of non-ortho nitro benzene ring substituents is 1. The minimum absolute atomic E-state index is 0.0661. The molecule has 1 saturated carbocycles. The Kier molecular flexibility index (Phi) is 5.79. The van der Waals surface area contributed by atoms with E-state index in [1.807, 2.05) is 0 Å². The minimum atomic E-state index is -3.87. The SMILES string of the molecule is COc1cc([N+](=O)[O-])ccc1S(=O)(=O)NCC1(N)CCCCCC1. The molecule has 1 aliphatic carbocycles. The van der Waals surface area contributed by atoms with Crippen LogP contribution in [0.5, 0.6) is 5.75 Å². The van der Waals surface area contributed by atoms with Gasteiger partial charge in [0.05, 0.1) is 18.1 Å². The van der Waals surface area contributed by atoms with Crippen molar-refractivity contribution in [1.29, 1.82) is 0 Å². The molecule has 0 radical (unpaired) electrons. The first-order chi connectivity index (χ1) is 11.3. The number of hydrogen-bond donors (Lipinski definition) is 2. The molecule has 1 aliphatic rings. The molecule has 1 aromatic carbocycles. The predicted molar refractivity (Wildman–Crippen MR) is 89.5 cm³/mol. The Morgan fingerprint density at radius 2 is 1.92 bits per heavy atom. The van der Waals surface area contributed by atoms with Crippen molar-refractivity contribution in [2.24, 2.45) is 5.73 Å². The maximum absolute atomic E-state index is 12.5. The van der Waals surface area contributed by atoms with Crippen molar-refractivity contribution in [3.63, 3.8) is 0 Å². The summed E-state index contributed by atoms with van der Waals surface area (Å²) in [6.45, 7) is 0.134. The van der Waals surface area contributed by atoms with E-state index in [1.165, 1.54) is 13.2 Å². The van der Waals surface area contributed by atoms with Crippen LogP contribution >= 0.6 is 0 Å². The number of nitrogens with one attached hydrogen (secondary N) is 1. The number of rotatable bonds is 6. The second kappa shape index (κ2) is 7.45. The van der Waals surface area contributed by atoms with Gasteiger partial charge in [0.15, 0.2) is 0 Å². The third-order valence-corrected chi connectivity index (χ3v) is 5.80. The van der Waals surface area contributed by atoms with E-state index in [0.29, 0.717) is 0 Å². The zero-order valence-electron chi connectivity index (χ0n) is 13.7. The lowest BCUT2D eigenvalue weighted by Gasteiger charge is -2.28. The average Bonchev–Trinajstić information content (AvgIpc) is 2.77. The molecule has 0 aromatic heterocycles. The fourth-order valence-electron chi connectivity index (χ4n) is 2.92. The molecule has 0 atom stereocenters. The van der Waals surface area contributed by atoms with Crippen LogP contribution in [-0.4, -0.2) is 32.5 Å². The molecule has 0 bridgehead atoms. The summed E-state index contributed by atoms with van der Waals surface area (Å²) in [5, 5.41) is 10.8. The van der Waals surface area contributed by atoms with Gasteiger partial charge in [0.2, 0.25) is 10.0 Å². The van der Waals surface area contributed by atoms with Crippen LogP contribution in [0.1, 0.15) is 38.5 Å². The third kappa shape index (κ3) is 4.43. The molecule has 0 aliphatic heterocycles. The molecule has 8 nitrogen and oxygen atoms in total. The van der Waals surface area contributed by atoms with Crippen LogP contribution in [0.15, 0.2) is 23.1 Å². The highest BCUT2D eigenvalue weighted by atomic mass is 32.2. The van der Waals surface area contributed by atoms with Crippen molar-refractivity contribution in [2.45, 2.75) is 49.0 Å². The van der Waals surface area contributed by atoms with E-state index in [9.17, 15) is 18.5 Å². The first kappa shape index (κ1) is 18.6. The van der Waals surface area contributed by atoms with Crippen LogP contribution in [0.25, 0.3) is 0 Å². The first-order valence-electron chi connectivity index (χ1n) is 7.88. The molecular weight excluding hydrogens is 334 g/mol. The van der Waals surface area contributed by atoms with E-state index in [4.69, 9.17) is 10.5 Å². The smallest absolute Gasteiger partial charge is 0.273 e. The van der Waals surface area contributed by atoms with Crippen molar-refractivity contribution in [2.75, 3.05) is 13.7 Å². The largest absolute Gasteiger partial charge is 0.495 e. The van der Waals surface area contributed by atoms with E-state index in [1.54, 1.807) is 0 Å². The zero-order valence-corrected chi connectivity index (χ0v) is 14.5. The number of sulfonamides is 1. The summed E-state index contributed by atoms with van der Waals surface area (Å²) in [5.74, 6) is -0.0661. The number of nitro benzene ring substituents is 1. The van der Waals surface area contributed by atoms with Gasteiger partial charge < -0.3 is 10.5 Å². The van der Waals surface area contributed by atoms with Crippen molar-refractivity contribution < 1.29 is 18.1 Å². The predicted octanol–water partition coefficient (Wildman–Crippen LogP) is 1.93. The molecule has 134 valence electrons. The van der Waals surface area contributed by atoms with Gasteiger partial charge in [0.25, 0.3) is 5.69 Å². The maximum Gasteiger partial charge on any atom is 0.273 e. The summed E-state index contributed by atoms with van der Waals surface area (Å²) in [5.41, 5.74) is 5.54. The standard InChI is InChI=1S/C15H23N3O5S/c1-23-13-10-12(18(19)20)6-7-14(13)24(21,22)17-11-15(16)8-4-2-3-5-9-15/h6-7,10,17H,2-5,8-9,11,16H2,1H3. The molecule has 2 rings (SSSR count). The molecule has 0 amide bonds. The molecule has 1 aromatic rings. The highest BCUT2D eigenvalue weighted by Crippen LogP contribution is 2.29. The van der Waals surface area contributed by atoms with Gasteiger partial charge >= 0.3 is 0 Å². The Labute approximate surface area is 141 Å². The zero-order chi connectivity index (χ0) is 17.8. The van der Waals surface area contributed by atoms with Crippen molar-refractivity contribution in [1.82, 2.24) is 4.72 Å². The summed E-state index contributed by atoms with van der Waals surface area (Å²) in [7, 11) is -2.60. The molecule has 3 N–H and O–H groups in total. The maximum atomic E-state index is 12.5. The Balaban J connectivity index is 2.19. The molecule has 0 spiro atoms. The molecular formula is C15H23N3O5S. The second-order valence-corrected chi connectivity index (χ2v) is 7.93. The summed E-state index contributed by atoms with van der Waals surface area (Å²) in [6, 6.07) is 3.41. The number of ether oxygens (including phenoxy) is 1. The average molecular weight is 357 g/mol. The fraction of sp³-hybridized carbons (Fsp3) is 0.600. The number of hydrogen-bond acceptors (Lipinski definition) is 6. The molecule has 24 heavy (non-hydrogen) atoms.